The van der Waals surface area contributed by atoms with Crippen LogP contribution in [0.5, 0.6) is 0 Å². The van der Waals surface area contributed by atoms with Gasteiger partial charge in [0.25, 0.3) is 5.56 Å². The van der Waals surface area contributed by atoms with Crippen LogP contribution in [0.3, 0.4) is 0 Å². The van der Waals surface area contributed by atoms with Gasteiger partial charge in [-0.3, -0.25) is 9.59 Å². The van der Waals surface area contributed by atoms with Crippen LogP contribution in [0.1, 0.15) is 41.9 Å². The van der Waals surface area contributed by atoms with Crippen molar-refractivity contribution in [1.82, 2.24) is 15.1 Å². The number of hydrogen-bond acceptors (Lipinski definition) is 8. The van der Waals surface area contributed by atoms with E-state index in [4.69, 9.17) is 20.8 Å². The molecule has 1 aliphatic rings. The molecule has 2 N–H and O–H groups in total. The van der Waals surface area contributed by atoms with Crippen molar-refractivity contribution in [2.24, 2.45) is 0 Å². The maximum atomic E-state index is 12.9. The van der Waals surface area contributed by atoms with E-state index in [1.165, 1.54) is 6.08 Å². The molecule has 0 spiro atoms. The number of carbonyl (C=O) groups is 2. The summed E-state index contributed by atoms with van der Waals surface area (Å²) in [7, 11) is 0. The van der Waals surface area contributed by atoms with Crippen molar-refractivity contribution in [3.63, 3.8) is 0 Å². The molecule has 2 aromatic heterocycles. The number of ketones is 1. The van der Waals surface area contributed by atoms with Gasteiger partial charge in [0.1, 0.15) is 17.1 Å². The fourth-order valence-electron chi connectivity index (χ4n) is 4.63. The van der Waals surface area contributed by atoms with Crippen LogP contribution in [0.25, 0.3) is 22.1 Å². The van der Waals surface area contributed by atoms with Crippen molar-refractivity contribution in [2.75, 3.05) is 25.0 Å². The predicted octanol–water partition coefficient (Wildman–Crippen LogP) is 5.35. The molecular weight excluding hydrogens is 520 g/mol. The summed E-state index contributed by atoms with van der Waals surface area (Å²) >= 11 is 6.04. The van der Waals surface area contributed by atoms with E-state index < -0.39 is 12.0 Å². The minimum absolute atomic E-state index is 0.0578. The Morgan fingerprint density at radius 1 is 1.18 bits per heavy atom. The second-order valence-corrected chi connectivity index (χ2v) is 9.52. The Balaban J connectivity index is 1.36. The van der Waals surface area contributed by atoms with E-state index in [-0.39, 0.29) is 24.4 Å². The van der Waals surface area contributed by atoms with E-state index in [9.17, 15) is 14.4 Å². The summed E-state index contributed by atoms with van der Waals surface area (Å²) in [6.45, 7) is 3.09. The normalized spacial score (nSPS) is 15.1. The molecule has 1 atom stereocenters. The van der Waals surface area contributed by atoms with E-state index in [0.717, 1.165) is 10.9 Å². The minimum Gasteiger partial charge on any atom is -0.462 e. The molecule has 0 amide bonds. The van der Waals surface area contributed by atoms with E-state index >= 15 is 0 Å². The number of aromatic amines is 1. The van der Waals surface area contributed by atoms with Crippen LogP contribution in [0.2, 0.25) is 5.02 Å². The molecule has 3 heterocycles. The standard InChI is InChI=1S/C29H27ClN4O5/c1-2-38-29(37)23-17-25(18-8-10-19(30)11-9-18)39-26(23)24-16-20(35)12-15-34(24)14-5-13-31-27-21-6-3-4-7-22(21)28(36)33-32-27/h3-4,6-12,15,17,24H,2,5,13-14,16H2,1H3,(H,31,32)(H,33,36). The van der Waals surface area contributed by atoms with Crippen molar-refractivity contribution in [3.05, 3.63) is 93.6 Å². The molecule has 1 aliphatic heterocycles. The molecule has 1 unspecified atom stereocenters. The van der Waals surface area contributed by atoms with Crippen molar-refractivity contribution >= 4 is 39.9 Å². The van der Waals surface area contributed by atoms with Crippen LogP contribution < -0.4 is 10.9 Å². The zero-order chi connectivity index (χ0) is 27.4. The van der Waals surface area contributed by atoms with E-state index in [1.807, 2.05) is 35.2 Å². The lowest BCUT2D eigenvalue weighted by atomic mass is 9.99. The van der Waals surface area contributed by atoms with Gasteiger partial charge in [-0.2, -0.15) is 5.10 Å². The number of rotatable bonds is 9. The quantitative estimate of drug-likeness (QED) is 0.213. The summed E-state index contributed by atoms with van der Waals surface area (Å²) in [5.74, 6) is 0.907. The first-order valence-corrected chi connectivity index (χ1v) is 13.1. The fourth-order valence-corrected chi connectivity index (χ4v) is 4.75. The van der Waals surface area contributed by atoms with E-state index in [0.29, 0.717) is 52.8 Å². The molecule has 200 valence electrons. The van der Waals surface area contributed by atoms with Gasteiger partial charge in [0, 0.05) is 41.7 Å². The third-order valence-corrected chi connectivity index (χ3v) is 6.77. The van der Waals surface area contributed by atoms with Gasteiger partial charge in [-0.15, -0.1) is 0 Å². The molecule has 0 saturated heterocycles. The predicted molar refractivity (Wildman–Crippen MR) is 149 cm³/mol. The van der Waals surface area contributed by atoms with Crippen molar-refractivity contribution in [2.45, 2.75) is 25.8 Å². The number of nitrogens with one attached hydrogen (secondary N) is 2. The van der Waals surface area contributed by atoms with Gasteiger partial charge in [-0.1, -0.05) is 29.8 Å². The highest BCUT2D eigenvalue weighted by molar-refractivity contribution is 6.30. The lowest BCUT2D eigenvalue weighted by Crippen LogP contribution is -2.31. The number of anilines is 1. The van der Waals surface area contributed by atoms with E-state index in [1.54, 1.807) is 37.4 Å². The zero-order valence-corrected chi connectivity index (χ0v) is 22.0. The van der Waals surface area contributed by atoms with Crippen LogP contribution in [0.15, 0.2) is 76.1 Å². The number of ether oxygens (including phenoxy) is 1. The average Bonchev–Trinajstić information content (AvgIpc) is 3.39. The Morgan fingerprint density at radius 2 is 1.95 bits per heavy atom. The molecule has 9 nitrogen and oxygen atoms in total. The van der Waals surface area contributed by atoms with Crippen molar-refractivity contribution in [3.8, 4) is 11.3 Å². The summed E-state index contributed by atoms with van der Waals surface area (Å²) in [5, 5.41) is 11.9. The second-order valence-electron chi connectivity index (χ2n) is 9.08. The van der Waals surface area contributed by atoms with Crippen LogP contribution in [-0.4, -0.2) is 46.5 Å². The lowest BCUT2D eigenvalue weighted by molar-refractivity contribution is -0.116. The monoisotopic (exact) mass is 546 g/mol. The van der Waals surface area contributed by atoms with Crippen LogP contribution >= 0.6 is 11.6 Å². The largest absolute Gasteiger partial charge is 0.462 e. The van der Waals surface area contributed by atoms with Gasteiger partial charge >= 0.3 is 5.97 Å². The van der Waals surface area contributed by atoms with Gasteiger partial charge in [0.05, 0.1) is 18.0 Å². The minimum atomic E-state index is -0.504. The van der Waals surface area contributed by atoms with Gasteiger partial charge in [0.15, 0.2) is 11.6 Å². The molecule has 0 fully saturated rings. The lowest BCUT2D eigenvalue weighted by Gasteiger charge is -2.32. The number of halogens is 1. The maximum Gasteiger partial charge on any atom is 0.341 e. The Labute approximate surface area is 229 Å². The highest BCUT2D eigenvalue weighted by Gasteiger charge is 2.32. The molecule has 0 radical (unpaired) electrons. The maximum absolute atomic E-state index is 12.9. The number of hydrogen-bond donors (Lipinski definition) is 2. The van der Waals surface area contributed by atoms with Crippen LogP contribution in [-0.2, 0) is 9.53 Å². The molecule has 39 heavy (non-hydrogen) atoms. The summed E-state index contributed by atoms with van der Waals surface area (Å²) in [5.41, 5.74) is 0.808. The molecule has 0 aliphatic carbocycles. The number of carbonyl (C=O) groups excluding carboxylic acids is 2. The highest BCUT2D eigenvalue weighted by Crippen LogP contribution is 2.36. The SMILES string of the molecule is CCOC(=O)c1cc(-c2ccc(Cl)cc2)oc1C1CC(=O)C=CN1CCCNc1n[nH]c(=O)c2ccccc12. The second kappa shape index (κ2) is 11.6. The summed E-state index contributed by atoms with van der Waals surface area (Å²) < 4.78 is 11.5. The number of furan rings is 1. The third kappa shape index (κ3) is 5.73. The smallest absolute Gasteiger partial charge is 0.341 e. The van der Waals surface area contributed by atoms with Crippen molar-refractivity contribution in [1.29, 1.82) is 0 Å². The van der Waals surface area contributed by atoms with Gasteiger partial charge < -0.3 is 19.4 Å². The molecule has 2 aromatic carbocycles. The zero-order valence-electron chi connectivity index (χ0n) is 21.3. The molecule has 0 saturated carbocycles. The summed E-state index contributed by atoms with van der Waals surface area (Å²) in [4.78, 5) is 39.4. The van der Waals surface area contributed by atoms with Crippen LogP contribution in [0, 0.1) is 0 Å². The molecule has 0 bridgehead atoms. The number of allylic oxidation sites excluding steroid dienone is 1. The van der Waals surface area contributed by atoms with Gasteiger partial charge in [0.2, 0.25) is 0 Å². The van der Waals surface area contributed by atoms with Gasteiger partial charge in [-0.05, 0) is 55.8 Å². The Hall–Kier alpha value is -4.37. The first kappa shape index (κ1) is 26.2. The molecule has 4 aromatic rings. The summed E-state index contributed by atoms with van der Waals surface area (Å²) in [6, 6.07) is 15.6. The summed E-state index contributed by atoms with van der Waals surface area (Å²) in [6.07, 6.45) is 4.12. The van der Waals surface area contributed by atoms with Crippen LogP contribution in [0.4, 0.5) is 5.82 Å². The fraction of sp³-hybridized carbons (Fsp3) is 0.241. The number of H-pyrrole nitrogens is 1. The average molecular weight is 547 g/mol. The van der Waals surface area contributed by atoms with Crippen molar-refractivity contribution < 1.29 is 18.7 Å². The third-order valence-electron chi connectivity index (χ3n) is 6.52. The highest BCUT2D eigenvalue weighted by atomic mass is 35.5. The Bertz CT molecular complexity index is 1590. The molecule has 10 heteroatoms. The number of benzene rings is 2. The number of esters is 1. The topological polar surface area (TPSA) is 118 Å². The number of nitrogens with zero attached hydrogens (tertiary/aromatic N) is 2. The molecule has 5 rings (SSSR count). The number of fused-ring (bicyclic) bond motifs is 1. The van der Waals surface area contributed by atoms with E-state index in [2.05, 4.69) is 15.5 Å². The first-order chi connectivity index (χ1) is 18.9. The van der Waals surface area contributed by atoms with Gasteiger partial charge in [-0.25, -0.2) is 9.89 Å². The molecular formula is C29H27ClN4O5. The Kier molecular flexibility index (Phi) is 7.79. The Morgan fingerprint density at radius 3 is 2.72 bits per heavy atom. The first-order valence-electron chi connectivity index (χ1n) is 12.7. The number of aromatic nitrogens is 2.